The molecular formula is C12H15FN4S. The number of nitrogens with two attached hydrogens (primary N) is 2. The van der Waals surface area contributed by atoms with E-state index in [1.54, 1.807) is 17.4 Å². The summed E-state index contributed by atoms with van der Waals surface area (Å²) in [6.07, 6.45) is 0.578. The van der Waals surface area contributed by atoms with E-state index < -0.39 is 0 Å². The highest BCUT2D eigenvalue weighted by atomic mass is 32.1. The lowest BCUT2D eigenvalue weighted by Crippen LogP contribution is -2.30. The number of nitrogens with zero attached hydrogens (tertiary/aromatic N) is 1. The molecule has 2 rings (SSSR count). The van der Waals surface area contributed by atoms with Gasteiger partial charge in [0.25, 0.3) is 0 Å². The zero-order valence-corrected chi connectivity index (χ0v) is 10.8. The SMILES string of the molecule is Cc1nc(CC(NN)c2cc(F)ccc2N)cs1. The van der Waals surface area contributed by atoms with Gasteiger partial charge in [0.1, 0.15) is 5.82 Å². The molecule has 0 aliphatic carbocycles. The number of thiazole rings is 1. The number of anilines is 1. The van der Waals surface area contributed by atoms with Crippen molar-refractivity contribution in [1.82, 2.24) is 10.4 Å². The van der Waals surface area contributed by atoms with Crippen LogP contribution in [-0.4, -0.2) is 4.98 Å². The third kappa shape index (κ3) is 2.84. The minimum absolute atomic E-state index is 0.248. The van der Waals surface area contributed by atoms with Crippen LogP contribution >= 0.6 is 11.3 Å². The van der Waals surface area contributed by atoms with Gasteiger partial charge in [0.15, 0.2) is 0 Å². The van der Waals surface area contributed by atoms with Crippen LogP contribution in [0.3, 0.4) is 0 Å². The molecule has 0 aliphatic heterocycles. The number of rotatable bonds is 4. The van der Waals surface area contributed by atoms with Crippen molar-refractivity contribution in [1.29, 1.82) is 0 Å². The van der Waals surface area contributed by atoms with E-state index in [9.17, 15) is 4.39 Å². The number of hydrazine groups is 1. The second-order valence-electron chi connectivity index (χ2n) is 4.05. The van der Waals surface area contributed by atoms with Crippen LogP contribution in [-0.2, 0) is 6.42 Å². The minimum Gasteiger partial charge on any atom is -0.398 e. The standard InChI is InChI=1S/C12H15FN4S/c1-7-16-9(6-18-7)5-12(17-15)10-4-8(13)2-3-11(10)14/h2-4,6,12,17H,5,14-15H2,1H3. The Labute approximate surface area is 109 Å². The second-order valence-corrected chi connectivity index (χ2v) is 5.12. The molecule has 1 heterocycles. The van der Waals surface area contributed by atoms with E-state index in [-0.39, 0.29) is 11.9 Å². The van der Waals surface area contributed by atoms with Gasteiger partial charge in [-0.15, -0.1) is 11.3 Å². The number of aryl methyl sites for hydroxylation is 1. The van der Waals surface area contributed by atoms with Crippen LogP contribution in [0.25, 0.3) is 0 Å². The molecule has 0 saturated heterocycles. The van der Waals surface area contributed by atoms with E-state index in [0.29, 0.717) is 17.7 Å². The van der Waals surface area contributed by atoms with Crippen molar-refractivity contribution in [2.75, 3.05) is 5.73 Å². The first-order chi connectivity index (χ1) is 8.60. The molecular weight excluding hydrogens is 251 g/mol. The molecule has 4 nitrogen and oxygen atoms in total. The van der Waals surface area contributed by atoms with Crippen LogP contribution in [0, 0.1) is 12.7 Å². The van der Waals surface area contributed by atoms with Crippen molar-refractivity contribution in [3.63, 3.8) is 0 Å². The van der Waals surface area contributed by atoms with Crippen molar-refractivity contribution in [2.45, 2.75) is 19.4 Å². The summed E-state index contributed by atoms with van der Waals surface area (Å²) in [5.74, 6) is 5.20. The first-order valence-electron chi connectivity index (χ1n) is 5.52. The zero-order chi connectivity index (χ0) is 13.1. The maximum absolute atomic E-state index is 13.2. The molecule has 0 radical (unpaired) electrons. The van der Waals surface area contributed by atoms with Gasteiger partial charge in [-0.25, -0.2) is 9.37 Å². The Morgan fingerprint density at radius 3 is 2.89 bits per heavy atom. The average Bonchev–Trinajstić information content (AvgIpc) is 2.75. The van der Waals surface area contributed by atoms with Crippen LogP contribution in [0.4, 0.5) is 10.1 Å². The monoisotopic (exact) mass is 266 g/mol. The van der Waals surface area contributed by atoms with Crippen LogP contribution in [0.1, 0.15) is 22.3 Å². The summed E-state index contributed by atoms with van der Waals surface area (Å²) in [4.78, 5) is 4.36. The maximum atomic E-state index is 13.2. The minimum atomic E-state index is -0.325. The first-order valence-corrected chi connectivity index (χ1v) is 6.40. The second kappa shape index (κ2) is 5.43. The van der Waals surface area contributed by atoms with Crippen LogP contribution in [0.2, 0.25) is 0 Å². The number of halogens is 1. The molecule has 96 valence electrons. The summed E-state index contributed by atoms with van der Waals surface area (Å²) in [6.45, 7) is 1.94. The van der Waals surface area contributed by atoms with E-state index in [2.05, 4.69) is 10.4 Å². The maximum Gasteiger partial charge on any atom is 0.123 e. The number of hydrogen-bond donors (Lipinski definition) is 3. The van der Waals surface area contributed by atoms with Gasteiger partial charge in [-0.3, -0.25) is 11.3 Å². The van der Waals surface area contributed by atoms with Crippen LogP contribution in [0.5, 0.6) is 0 Å². The Bertz CT molecular complexity index is 541. The van der Waals surface area contributed by atoms with Gasteiger partial charge < -0.3 is 5.73 Å². The fourth-order valence-corrected chi connectivity index (χ4v) is 2.44. The molecule has 0 fully saturated rings. The van der Waals surface area contributed by atoms with Gasteiger partial charge in [0.05, 0.1) is 16.7 Å². The quantitative estimate of drug-likeness (QED) is 0.449. The number of benzene rings is 1. The van der Waals surface area contributed by atoms with Crippen molar-refractivity contribution >= 4 is 17.0 Å². The average molecular weight is 266 g/mol. The summed E-state index contributed by atoms with van der Waals surface area (Å²) < 4.78 is 13.2. The fourth-order valence-electron chi connectivity index (χ4n) is 1.82. The summed E-state index contributed by atoms with van der Waals surface area (Å²) in [5, 5.41) is 2.96. The third-order valence-corrected chi connectivity index (χ3v) is 3.53. The Kier molecular flexibility index (Phi) is 3.90. The number of hydrogen-bond acceptors (Lipinski definition) is 5. The van der Waals surface area contributed by atoms with Crippen LogP contribution in [0.15, 0.2) is 23.6 Å². The Morgan fingerprint density at radius 1 is 1.50 bits per heavy atom. The van der Waals surface area contributed by atoms with Crippen molar-refractivity contribution in [3.8, 4) is 0 Å². The molecule has 1 atom stereocenters. The highest BCUT2D eigenvalue weighted by Gasteiger charge is 2.15. The zero-order valence-electron chi connectivity index (χ0n) is 9.98. The van der Waals surface area contributed by atoms with Crippen molar-refractivity contribution in [2.24, 2.45) is 5.84 Å². The largest absolute Gasteiger partial charge is 0.398 e. The first kappa shape index (κ1) is 12.9. The highest BCUT2D eigenvalue weighted by molar-refractivity contribution is 7.09. The fraction of sp³-hybridized carbons (Fsp3) is 0.250. The Hall–Kier alpha value is -1.50. The molecule has 0 amide bonds. The number of aromatic nitrogens is 1. The van der Waals surface area contributed by atoms with E-state index in [0.717, 1.165) is 10.7 Å². The van der Waals surface area contributed by atoms with E-state index in [1.165, 1.54) is 12.1 Å². The smallest absolute Gasteiger partial charge is 0.123 e. The summed E-state index contributed by atoms with van der Waals surface area (Å²) in [5.41, 5.74) is 10.6. The van der Waals surface area contributed by atoms with Gasteiger partial charge in [-0.1, -0.05) is 0 Å². The Balaban J connectivity index is 2.25. The van der Waals surface area contributed by atoms with E-state index in [4.69, 9.17) is 11.6 Å². The molecule has 5 N–H and O–H groups in total. The molecule has 6 heteroatoms. The van der Waals surface area contributed by atoms with E-state index >= 15 is 0 Å². The molecule has 1 unspecified atom stereocenters. The molecule has 0 aliphatic rings. The lowest BCUT2D eigenvalue weighted by Gasteiger charge is -2.17. The molecule has 1 aromatic heterocycles. The normalized spacial score (nSPS) is 12.6. The van der Waals surface area contributed by atoms with Gasteiger partial charge in [-0.2, -0.15) is 0 Å². The summed E-state index contributed by atoms with van der Waals surface area (Å²) in [6, 6.07) is 4.03. The van der Waals surface area contributed by atoms with Gasteiger partial charge >= 0.3 is 0 Å². The van der Waals surface area contributed by atoms with Gasteiger partial charge in [-0.05, 0) is 30.7 Å². The molecule has 0 spiro atoms. The van der Waals surface area contributed by atoms with Crippen LogP contribution < -0.4 is 17.0 Å². The molecule has 0 bridgehead atoms. The van der Waals surface area contributed by atoms with Crippen molar-refractivity contribution in [3.05, 3.63) is 45.7 Å². The third-order valence-electron chi connectivity index (χ3n) is 2.71. The van der Waals surface area contributed by atoms with Crippen molar-refractivity contribution < 1.29 is 4.39 Å². The topological polar surface area (TPSA) is 77.0 Å². The lowest BCUT2D eigenvalue weighted by atomic mass is 10.0. The van der Waals surface area contributed by atoms with Gasteiger partial charge in [0, 0.05) is 17.5 Å². The lowest BCUT2D eigenvalue weighted by molar-refractivity contribution is 0.541. The summed E-state index contributed by atoms with van der Waals surface area (Å²) in [7, 11) is 0. The number of nitrogens with one attached hydrogen (secondary N) is 1. The molecule has 1 aromatic carbocycles. The van der Waals surface area contributed by atoms with E-state index in [1.807, 2.05) is 12.3 Å². The number of nitrogen functional groups attached to an aromatic ring is 1. The van der Waals surface area contributed by atoms with Gasteiger partial charge in [0.2, 0.25) is 0 Å². The molecule has 2 aromatic rings. The molecule has 18 heavy (non-hydrogen) atoms. The predicted molar refractivity (Wildman–Crippen MR) is 71.4 cm³/mol. The molecule has 0 saturated carbocycles. The summed E-state index contributed by atoms with van der Waals surface area (Å²) >= 11 is 1.57. The Morgan fingerprint density at radius 2 is 2.28 bits per heavy atom. The predicted octanol–water partition coefficient (Wildman–Crippen LogP) is 1.92. The highest BCUT2D eigenvalue weighted by Crippen LogP contribution is 2.24.